The number of carbonyl (C=O) groups is 3. The number of alkyl carbamates (subject to hydrolysis) is 1. The van der Waals surface area contributed by atoms with Crippen molar-refractivity contribution in [3.8, 4) is 5.75 Å². The van der Waals surface area contributed by atoms with E-state index in [-0.39, 0.29) is 35.9 Å². The fraction of sp³-hybridized carbons (Fsp3) is 0.531. The average Bonchev–Trinajstić information content (AvgIpc) is 3.53. The molecule has 0 saturated heterocycles. The third-order valence-electron chi connectivity index (χ3n) is 7.01. The normalized spacial score (nSPS) is 18.3. The number of rotatable bonds is 8. The minimum Gasteiger partial charge on any atom is -0.508 e. The number of hydrogen-bond acceptors (Lipinski definition) is 5. The van der Waals surface area contributed by atoms with Gasteiger partial charge in [0.2, 0.25) is 11.8 Å². The Hall–Kier alpha value is -3.55. The van der Waals surface area contributed by atoms with E-state index in [4.69, 9.17) is 4.74 Å². The summed E-state index contributed by atoms with van der Waals surface area (Å²) in [5, 5.41) is 15.6. The molecule has 0 bridgehead atoms. The van der Waals surface area contributed by atoms with Crippen LogP contribution in [0.25, 0.3) is 0 Å². The molecule has 2 aromatic rings. The van der Waals surface area contributed by atoms with E-state index in [1.807, 2.05) is 52.8 Å². The first-order valence-corrected chi connectivity index (χ1v) is 13.9. The van der Waals surface area contributed by atoms with E-state index in [1.165, 1.54) is 0 Å². The van der Waals surface area contributed by atoms with E-state index in [2.05, 4.69) is 17.6 Å². The van der Waals surface area contributed by atoms with Gasteiger partial charge < -0.3 is 25.4 Å². The summed E-state index contributed by atoms with van der Waals surface area (Å²) in [6.45, 7) is 17.0. The van der Waals surface area contributed by atoms with Crippen LogP contribution in [0.15, 0.2) is 42.5 Å². The minimum absolute atomic E-state index is 0.106. The van der Waals surface area contributed by atoms with Crippen molar-refractivity contribution in [2.45, 2.75) is 104 Å². The van der Waals surface area contributed by atoms with Gasteiger partial charge in [-0.1, -0.05) is 37.3 Å². The molecule has 0 spiro atoms. The highest BCUT2D eigenvalue weighted by Crippen LogP contribution is 2.42. The molecule has 3 N–H and O–H groups in total. The lowest BCUT2D eigenvalue weighted by molar-refractivity contribution is -0.144. The molecule has 0 heterocycles. The maximum atomic E-state index is 14.6. The second-order valence-electron chi connectivity index (χ2n) is 13.0. The van der Waals surface area contributed by atoms with Crippen molar-refractivity contribution in [3.63, 3.8) is 0 Å². The van der Waals surface area contributed by atoms with Crippen molar-refractivity contribution in [1.29, 1.82) is 0 Å². The molecule has 4 unspecified atom stereocenters. The highest BCUT2D eigenvalue weighted by Gasteiger charge is 2.49. The molecule has 1 aliphatic rings. The molecular weight excluding hydrogens is 506 g/mol. The van der Waals surface area contributed by atoms with Crippen molar-refractivity contribution in [2.24, 2.45) is 5.92 Å². The topological polar surface area (TPSA) is 108 Å². The number of benzene rings is 2. The Morgan fingerprint density at radius 1 is 1.02 bits per heavy atom. The van der Waals surface area contributed by atoms with Crippen LogP contribution in [-0.4, -0.2) is 51.1 Å². The molecule has 1 aliphatic carbocycles. The van der Waals surface area contributed by atoms with Gasteiger partial charge in [-0.05, 0) is 102 Å². The van der Waals surface area contributed by atoms with Crippen molar-refractivity contribution in [1.82, 2.24) is 15.5 Å². The Morgan fingerprint density at radius 2 is 1.62 bits per heavy atom. The van der Waals surface area contributed by atoms with E-state index in [0.717, 1.165) is 28.7 Å². The van der Waals surface area contributed by atoms with Gasteiger partial charge in [0.05, 0.1) is 0 Å². The number of amides is 3. The molecule has 8 nitrogen and oxygen atoms in total. The number of phenols is 1. The molecule has 40 heavy (non-hydrogen) atoms. The summed E-state index contributed by atoms with van der Waals surface area (Å²) in [6.07, 6.45) is 0.209. The predicted molar refractivity (Wildman–Crippen MR) is 156 cm³/mol. The molecule has 0 aromatic heterocycles. The summed E-state index contributed by atoms with van der Waals surface area (Å²) < 4.78 is 5.51. The van der Waals surface area contributed by atoms with Gasteiger partial charge in [-0.3, -0.25) is 9.59 Å². The first kappa shape index (κ1) is 31.0. The van der Waals surface area contributed by atoms with Gasteiger partial charge in [0.25, 0.3) is 0 Å². The fourth-order valence-corrected chi connectivity index (χ4v) is 4.80. The number of ether oxygens (including phenoxy) is 1. The van der Waals surface area contributed by atoms with E-state index in [9.17, 15) is 19.5 Å². The molecule has 4 atom stereocenters. The zero-order valence-electron chi connectivity index (χ0n) is 25.3. The predicted octanol–water partition coefficient (Wildman–Crippen LogP) is 5.34. The molecule has 0 radical (unpaired) electrons. The first-order chi connectivity index (χ1) is 18.5. The van der Waals surface area contributed by atoms with Gasteiger partial charge in [0, 0.05) is 18.0 Å². The first-order valence-electron chi connectivity index (χ1n) is 13.9. The van der Waals surface area contributed by atoms with Crippen LogP contribution in [0.4, 0.5) is 4.79 Å². The fourth-order valence-electron chi connectivity index (χ4n) is 4.80. The zero-order valence-corrected chi connectivity index (χ0v) is 25.3. The van der Waals surface area contributed by atoms with Crippen molar-refractivity contribution in [3.05, 3.63) is 64.7 Å². The minimum atomic E-state index is -0.998. The lowest BCUT2D eigenvalue weighted by atomic mass is 9.93. The summed E-state index contributed by atoms with van der Waals surface area (Å²) in [5.41, 5.74) is 2.20. The van der Waals surface area contributed by atoms with Crippen LogP contribution in [0.5, 0.6) is 5.75 Å². The Labute approximate surface area is 238 Å². The molecule has 218 valence electrons. The lowest BCUT2D eigenvalue weighted by Gasteiger charge is -2.37. The smallest absolute Gasteiger partial charge is 0.408 e. The van der Waals surface area contributed by atoms with Crippen LogP contribution in [0.3, 0.4) is 0 Å². The maximum Gasteiger partial charge on any atom is 0.408 e. The summed E-state index contributed by atoms with van der Waals surface area (Å²) in [6, 6.07) is 10.3. The third kappa shape index (κ3) is 8.23. The highest BCUT2D eigenvalue weighted by molar-refractivity contribution is 5.93. The summed E-state index contributed by atoms with van der Waals surface area (Å²) >= 11 is 0. The van der Waals surface area contributed by atoms with Crippen LogP contribution >= 0.6 is 0 Å². The SMILES string of the molecule is Cc1cccc(C(C(=O)NC(C)(C)C)N(C(=O)C(Cc2ccc(O)cc2)NC(=O)OC(C)(C)C)C2CC2C)c1C. The van der Waals surface area contributed by atoms with Crippen LogP contribution in [0.2, 0.25) is 0 Å². The number of aromatic hydroxyl groups is 1. The van der Waals surface area contributed by atoms with Crippen LogP contribution < -0.4 is 10.6 Å². The van der Waals surface area contributed by atoms with Crippen LogP contribution in [0.1, 0.15) is 83.2 Å². The average molecular weight is 552 g/mol. The lowest BCUT2D eigenvalue weighted by Crippen LogP contribution is -2.56. The Kier molecular flexibility index (Phi) is 9.22. The second-order valence-corrected chi connectivity index (χ2v) is 13.0. The van der Waals surface area contributed by atoms with Gasteiger partial charge >= 0.3 is 6.09 Å². The van der Waals surface area contributed by atoms with E-state index < -0.39 is 29.3 Å². The van der Waals surface area contributed by atoms with Gasteiger partial charge in [-0.2, -0.15) is 0 Å². The number of aryl methyl sites for hydroxylation is 1. The Balaban J connectivity index is 2.10. The Morgan fingerprint density at radius 3 is 2.15 bits per heavy atom. The molecule has 8 heteroatoms. The van der Waals surface area contributed by atoms with Crippen LogP contribution in [-0.2, 0) is 20.7 Å². The zero-order chi connectivity index (χ0) is 30.0. The van der Waals surface area contributed by atoms with Gasteiger partial charge in [-0.15, -0.1) is 0 Å². The molecule has 1 saturated carbocycles. The standard InChI is InChI=1S/C32H45N3O5/c1-19-11-10-12-24(21(19)3)27(28(37)34-31(4,5)6)35(26-17-20(26)2)29(38)25(33-30(39)40-32(7,8)9)18-22-13-15-23(36)16-14-22/h10-16,20,25-27,36H,17-18H2,1-9H3,(H,33,39)(H,34,37). The molecule has 2 aromatic carbocycles. The summed E-state index contributed by atoms with van der Waals surface area (Å²) in [7, 11) is 0. The van der Waals surface area contributed by atoms with E-state index in [1.54, 1.807) is 49.9 Å². The summed E-state index contributed by atoms with van der Waals surface area (Å²) in [5.74, 6) is -0.318. The summed E-state index contributed by atoms with van der Waals surface area (Å²) in [4.78, 5) is 43.1. The number of nitrogens with one attached hydrogen (secondary N) is 2. The Bertz CT molecular complexity index is 1230. The van der Waals surface area contributed by atoms with Crippen LogP contribution in [0, 0.1) is 19.8 Å². The van der Waals surface area contributed by atoms with Gasteiger partial charge in [0.15, 0.2) is 0 Å². The molecule has 1 fully saturated rings. The number of hydrogen-bond donors (Lipinski definition) is 3. The highest BCUT2D eigenvalue weighted by atomic mass is 16.6. The second kappa shape index (κ2) is 11.9. The largest absolute Gasteiger partial charge is 0.508 e. The van der Waals surface area contributed by atoms with Gasteiger partial charge in [0.1, 0.15) is 23.4 Å². The quantitative estimate of drug-likeness (QED) is 0.411. The molecule has 3 rings (SSSR count). The van der Waals surface area contributed by atoms with Gasteiger partial charge in [-0.25, -0.2) is 4.79 Å². The van der Waals surface area contributed by atoms with Crippen molar-refractivity contribution in [2.75, 3.05) is 0 Å². The molecule has 3 amide bonds. The van der Waals surface area contributed by atoms with Crippen molar-refractivity contribution >= 4 is 17.9 Å². The van der Waals surface area contributed by atoms with Crippen molar-refractivity contribution < 1.29 is 24.2 Å². The molecule has 0 aliphatic heterocycles. The number of carbonyl (C=O) groups excluding carboxylic acids is 3. The van der Waals surface area contributed by atoms with E-state index in [0.29, 0.717) is 0 Å². The monoisotopic (exact) mass is 551 g/mol. The maximum absolute atomic E-state index is 14.6. The molecular formula is C32H45N3O5. The third-order valence-corrected chi connectivity index (χ3v) is 7.01. The number of phenolic OH excluding ortho intramolecular Hbond substituents is 1. The number of nitrogens with zero attached hydrogens (tertiary/aromatic N) is 1. The van der Waals surface area contributed by atoms with E-state index >= 15 is 0 Å².